The van der Waals surface area contributed by atoms with Crippen molar-refractivity contribution in [3.05, 3.63) is 65.7 Å². The maximum absolute atomic E-state index is 12.7. The second kappa shape index (κ2) is 9.07. The topological polar surface area (TPSA) is 64.6 Å². The Balaban J connectivity index is 1.92. The number of methoxy groups -OCH3 is 1. The van der Waals surface area contributed by atoms with Crippen LogP contribution in [0.25, 0.3) is 6.08 Å². The van der Waals surface area contributed by atoms with E-state index in [1.807, 2.05) is 0 Å². The Bertz CT molecular complexity index is 860. The van der Waals surface area contributed by atoms with Crippen LogP contribution >= 0.6 is 0 Å². The van der Waals surface area contributed by atoms with Crippen LogP contribution in [0.2, 0.25) is 0 Å². The summed E-state index contributed by atoms with van der Waals surface area (Å²) in [6.07, 6.45) is -3.42. The van der Waals surface area contributed by atoms with Gasteiger partial charge in [0.05, 0.1) is 12.7 Å². The average Bonchev–Trinajstić information content (AvgIpc) is 2.66. The Labute approximate surface area is 159 Å². The number of hydrogen-bond donors (Lipinski definition) is 1. The molecule has 0 bridgehead atoms. The summed E-state index contributed by atoms with van der Waals surface area (Å²) in [5.41, 5.74) is -0.148. The lowest BCUT2D eigenvalue weighted by atomic mass is 10.1. The second-order valence-electron chi connectivity index (χ2n) is 5.75. The number of rotatable bonds is 6. The van der Waals surface area contributed by atoms with E-state index in [0.717, 1.165) is 18.2 Å². The van der Waals surface area contributed by atoms with E-state index in [1.54, 1.807) is 24.3 Å². The van der Waals surface area contributed by atoms with Gasteiger partial charge >= 0.3 is 12.1 Å². The molecule has 1 N–H and O–H groups in total. The van der Waals surface area contributed by atoms with Crippen molar-refractivity contribution in [3.8, 4) is 5.75 Å². The first-order chi connectivity index (χ1) is 13.2. The molecule has 0 spiro atoms. The van der Waals surface area contributed by atoms with Gasteiger partial charge in [0.1, 0.15) is 5.75 Å². The van der Waals surface area contributed by atoms with Crippen molar-refractivity contribution in [2.45, 2.75) is 19.2 Å². The highest BCUT2D eigenvalue weighted by Gasteiger charge is 2.30. The van der Waals surface area contributed by atoms with E-state index in [0.29, 0.717) is 11.4 Å². The fraction of sp³-hybridized carbons (Fsp3) is 0.200. The predicted molar refractivity (Wildman–Crippen MR) is 97.7 cm³/mol. The number of halogens is 3. The number of benzene rings is 2. The molecule has 0 fully saturated rings. The Kier molecular flexibility index (Phi) is 6.81. The first-order valence-corrected chi connectivity index (χ1v) is 8.20. The SMILES string of the molecule is COc1ccc(NC(=O)C(C)OC(=O)/C=C/c2cccc(C(F)(F)F)c2)cc1. The molecular weight excluding hydrogens is 375 g/mol. The Hall–Kier alpha value is -3.29. The van der Waals surface area contributed by atoms with E-state index in [9.17, 15) is 22.8 Å². The minimum absolute atomic E-state index is 0.183. The summed E-state index contributed by atoms with van der Waals surface area (Å²) < 4.78 is 48.0. The van der Waals surface area contributed by atoms with Crippen molar-refractivity contribution in [3.63, 3.8) is 0 Å². The largest absolute Gasteiger partial charge is 0.497 e. The molecule has 1 unspecified atom stereocenters. The summed E-state index contributed by atoms with van der Waals surface area (Å²) >= 11 is 0. The molecule has 2 rings (SSSR count). The van der Waals surface area contributed by atoms with Crippen molar-refractivity contribution >= 4 is 23.6 Å². The number of esters is 1. The van der Waals surface area contributed by atoms with Crippen LogP contribution in [0.5, 0.6) is 5.75 Å². The lowest BCUT2D eigenvalue weighted by molar-refractivity contribution is -0.148. The lowest BCUT2D eigenvalue weighted by Gasteiger charge is -2.12. The van der Waals surface area contributed by atoms with Crippen LogP contribution in [-0.4, -0.2) is 25.1 Å². The number of amides is 1. The van der Waals surface area contributed by atoms with Crippen molar-refractivity contribution in [2.24, 2.45) is 0 Å². The number of anilines is 1. The van der Waals surface area contributed by atoms with Crippen molar-refractivity contribution in [1.29, 1.82) is 0 Å². The minimum Gasteiger partial charge on any atom is -0.497 e. The van der Waals surface area contributed by atoms with Crippen molar-refractivity contribution in [1.82, 2.24) is 0 Å². The number of ether oxygens (including phenoxy) is 2. The number of nitrogens with one attached hydrogen (secondary N) is 1. The third-order valence-electron chi connectivity index (χ3n) is 3.65. The summed E-state index contributed by atoms with van der Waals surface area (Å²) in [5.74, 6) is -0.780. The molecule has 1 atom stereocenters. The summed E-state index contributed by atoms with van der Waals surface area (Å²) in [6.45, 7) is 1.38. The maximum Gasteiger partial charge on any atom is 0.416 e. The number of hydrogen-bond acceptors (Lipinski definition) is 4. The zero-order chi connectivity index (χ0) is 20.7. The molecule has 0 radical (unpaired) electrons. The molecule has 0 aliphatic heterocycles. The van der Waals surface area contributed by atoms with E-state index in [1.165, 1.54) is 32.2 Å². The molecule has 0 saturated heterocycles. The van der Waals surface area contributed by atoms with Gasteiger partial charge in [0, 0.05) is 11.8 Å². The van der Waals surface area contributed by atoms with E-state index in [-0.39, 0.29) is 5.56 Å². The lowest BCUT2D eigenvalue weighted by Crippen LogP contribution is -2.29. The number of alkyl halides is 3. The monoisotopic (exact) mass is 393 g/mol. The third kappa shape index (κ3) is 6.15. The van der Waals surface area contributed by atoms with Crippen LogP contribution in [0, 0.1) is 0 Å². The Morgan fingerprint density at radius 2 is 1.79 bits per heavy atom. The van der Waals surface area contributed by atoms with E-state index < -0.39 is 29.7 Å². The zero-order valence-corrected chi connectivity index (χ0v) is 15.1. The molecule has 0 aromatic heterocycles. The van der Waals surface area contributed by atoms with Crippen molar-refractivity contribution in [2.75, 3.05) is 12.4 Å². The second-order valence-corrected chi connectivity index (χ2v) is 5.75. The summed E-state index contributed by atoms with van der Waals surface area (Å²) in [5, 5.41) is 2.58. The zero-order valence-electron chi connectivity index (χ0n) is 15.1. The average molecular weight is 393 g/mol. The van der Waals surface area contributed by atoms with Gasteiger partial charge in [-0.2, -0.15) is 13.2 Å². The number of carbonyl (C=O) groups is 2. The minimum atomic E-state index is -4.47. The fourth-order valence-electron chi connectivity index (χ4n) is 2.17. The van der Waals surface area contributed by atoms with Gasteiger partial charge in [-0.15, -0.1) is 0 Å². The molecule has 28 heavy (non-hydrogen) atoms. The van der Waals surface area contributed by atoms with Gasteiger partial charge in [0.15, 0.2) is 6.10 Å². The Morgan fingerprint density at radius 1 is 1.11 bits per heavy atom. The highest BCUT2D eigenvalue weighted by Crippen LogP contribution is 2.29. The van der Waals surface area contributed by atoms with Gasteiger partial charge in [-0.1, -0.05) is 12.1 Å². The highest BCUT2D eigenvalue weighted by atomic mass is 19.4. The van der Waals surface area contributed by atoms with Crippen LogP contribution < -0.4 is 10.1 Å². The summed E-state index contributed by atoms with van der Waals surface area (Å²) in [7, 11) is 1.52. The number of carbonyl (C=O) groups excluding carboxylic acids is 2. The molecular formula is C20H18F3NO4. The molecule has 0 aliphatic rings. The molecule has 0 saturated carbocycles. The van der Waals surface area contributed by atoms with E-state index >= 15 is 0 Å². The van der Waals surface area contributed by atoms with Crippen LogP contribution in [0.3, 0.4) is 0 Å². The van der Waals surface area contributed by atoms with Crippen LogP contribution in [0.15, 0.2) is 54.6 Å². The smallest absolute Gasteiger partial charge is 0.416 e. The van der Waals surface area contributed by atoms with Crippen LogP contribution in [-0.2, 0) is 20.5 Å². The molecule has 0 aliphatic carbocycles. The van der Waals surface area contributed by atoms with Gasteiger partial charge < -0.3 is 14.8 Å². The predicted octanol–water partition coefficient (Wildman–Crippen LogP) is 4.30. The van der Waals surface area contributed by atoms with Crippen LogP contribution in [0.4, 0.5) is 18.9 Å². The van der Waals surface area contributed by atoms with E-state index in [4.69, 9.17) is 9.47 Å². The first kappa shape index (κ1) is 21.0. The fourth-order valence-corrected chi connectivity index (χ4v) is 2.17. The third-order valence-corrected chi connectivity index (χ3v) is 3.65. The van der Waals surface area contributed by atoms with Gasteiger partial charge in [-0.3, -0.25) is 4.79 Å². The first-order valence-electron chi connectivity index (χ1n) is 8.20. The van der Waals surface area contributed by atoms with Gasteiger partial charge in [-0.05, 0) is 55.0 Å². The van der Waals surface area contributed by atoms with E-state index in [2.05, 4.69) is 5.32 Å². The summed E-state index contributed by atoms with van der Waals surface area (Å²) in [6, 6.07) is 11.0. The van der Waals surface area contributed by atoms with Gasteiger partial charge in [0.25, 0.3) is 5.91 Å². The Morgan fingerprint density at radius 3 is 2.39 bits per heavy atom. The standard InChI is InChI=1S/C20H18F3NO4/c1-13(19(26)24-16-7-9-17(27-2)10-8-16)28-18(25)11-6-14-4-3-5-15(12-14)20(21,22)23/h3-13H,1-2H3,(H,24,26)/b11-6+. The highest BCUT2D eigenvalue weighted by molar-refractivity contribution is 5.96. The molecule has 2 aromatic rings. The van der Waals surface area contributed by atoms with Gasteiger partial charge in [-0.25, -0.2) is 4.79 Å². The molecule has 0 heterocycles. The summed E-state index contributed by atoms with van der Waals surface area (Å²) in [4.78, 5) is 23.9. The normalized spacial score (nSPS) is 12.5. The molecule has 148 valence electrons. The molecule has 2 aromatic carbocycles. The quantitative estimate of drug-likeness (QED) is 0.587. The van der Waals surface area contributed by atoms with Crippen LogP contribution in [0.1, 0.15) is 18.1 Å². The molecule has 8 heteroatoms. The molecule has 5 nitrogen and oxygen atoms in total. The maximum atomic E-state index is 12.7. The van der Waals surface area contributed by atoms with Gasteiger partial charge in [0.2, 0.25) is 0 Å². The molecule has 1 amide bonds. The van der Waals surface area contributed by atoms with Crippen molar-refractivity contribution < 1.29 is 32.2 Å².